The molecule has 0 unspecified atom stereocenters. The van der Waals surface area contributed by atoms with Crippen molar-refractivity contribution >= 4 is 0 Å². The highest BCUT2D eigenvalue weighted by Gasteiger charge is 2.23. The van der Waals surface area contributed by atoms with Crippen LogP contribution in [0.4, 0.5) is 8.78 Å². The summed E-state index contributed by atoms with van der Waals surface area (Å²) in [6, 6.07) is 14.8. The van der Waals surface area contributed by atoms with Crippen LogP contribution in [0.5, 0.6) is 0 Å². The molecule has 0 amide bonds. The Hall–Kier alpha value is -1.70. The number of hydrogen-bond acceptors (Lipinski definition) is 0. The monoisotopic (exact) mass is 260 g/mol. The van der Waals surface area contributed by atoms with Crippen LogP contribution in [0, 0.1) is 0 Å². The zero-order chi connectivity index (χ0) is 13.9. The standard InChI is InChI=1S/C17H18F2/c1-3-4-13-5-7-14(8-6-13)15-9-11-16(12-10-15)17(2,18)19/h5-12H,3-4H2,1-2H3. The maximum atomic E-state index is 13.1. The highest BCUT2D eigenvalue weighted by atomic mass is 19.3. The van der Waals surface area contributed by atoms with Crippen molar-refractivity contribution in [3.8, 4) is 11.1 Å². The summed E-state index contributed by atoms with van der Waals surface area (Å²) in [5.41, 5.74) is 3.39. The van der Waals surface area contributed by atoms with E-state index in [1.165, 1.54) is 17.7 Å². The average Bonchev–Trinajstić information content (AvgIpc) is 2.39. The number of aryl methyl sites for hydroxylation is 1. The molecule has 0 aliphatic carbocycles. The molecule has 0 fully saturated rings. The minimum atomic E-state index is -2.77. The van der Waals surface area contributed by atoms with E-state index in [-0.39, 0.29) is 5.56 Å². The molecule has 0 heterocycles. The van der Waals surface area contributed by atoms with E-state index >= 15 is 0 Å². The van der Waals surface area contributed by atoms with Gasteiger partial charge in [0.2, 0.25) is 0 Å². The van der Waals surface area contributed by atoms with E-state index in [2.05, 4.69) is 19.1 Å². The van der Waals surface area contributed by atoms with Gasteiger partial charge >= 0.3 is 0 Å². The number of rotatable bonds is 4. The number of halogens is 2. The summed E-state index contributed by atoms with van der Waals surface area (Å²) in [5.74, 6) is -2.77. The van der Waals surface area contributed by atoms with Gasteiger partial charge in [0.25, 0.3) is 5.92 Å². The predicted octanol–water partition coefficient (Wildman–Crippen LogP) is 5.42. The van der Waals surface area contributed by atoms with Crippen molar-refractivity contribution in [2.45, 2.75) is 32.6 Å². The molecule has 100 valence electrons. The molecule has 0 N–H and O–H groups in total. The third-order valence-electron chi connectivity index (χ3n) is 3.22. The summed E-state index contributed by atoms with van der Waals surface area (Å²) >= 11 is 0. The van der Waals surface area contributed by atoms with E-state index in [0.717, 1.165) is 30.9 Å². The van der Waals surface area contributed by atoms with Crippen molar-refractivity contribution in [2.24, 2.45) is 0 Å². The molecule has 0 aliphatic rings. The number of benzene rings is 2. The molecule has 0 nitrogen and oxygen atoms in total. The number of alkyl halides is 2. The Morgan fingerprint density at radius 3 is 1.74 bits per heavy atom. The minimum Gasteiger partial charge on any atom is -0.202 e. The molecule has 0 saturated heterocycles. The lowest BCUT2D eigenvalue weighted by atomic mass is 10.00. The maximum absolute atomic E-state index is 13.1. The smallest absolute Gasteiger partial charge is 0.202 e. The Labute approximate surface area is 113 Å². The van der Waals surface area contributed by atoms with Gasteiger partial charge in [-0.25, -0.2) is 8.78 Å². The Morgan fingerprint density at radius 2 is 1.32 bits per heavy atom. The molecule has 0 atom stereocenters. The molecule has 2 heteroatoms. The van der Waals surface area contributed by atoms with Crippen molar-refractivity contribution in [1.29, 1.82) is 0 Å². The second-order valence-electron chi connectivity index (χ2n) is 4.91. The van der Waals surface area contributed by atoms with E-state index in [4.69, 9.17) is 0 Å². The van der Waals surface area contributed by atoms with Crippen molar-refractivity contribution in [2.75, 3.05) is 0 Å². The molecule has 0 radical (unpaired) electrons. The van der Waals surface area contributed by atoms with E-state index in [0.29, 0.717) is 0 Å². The lowest BCUT2D eigenvalue weighted by Crippen LogP contribution is -2.06. The Bertz CT molecular complexity index is 519. The van der Waals surface area contributed by atoms with Crippen LogP contribution >= 0.6 is 0 Å². The van der Waals surface area contributed by atoms with Crippen molar-refractivity contribution in [3.05, 3.63) is 59.7 Å². The van der Waals surface area contributed by atoms with Gasteiger partial charge in [0.15, 0.2) is 0 Å². The highest BCUT2D eigenvalue weighted by Crippen LogP contribution is 2.29. The molecule has 19 heavy (non-hydrogen) atoms. The molecule has 2 aromatic carbocycles. The van der Waals surface area contributed by atoms with Crippen molar-refractivity contribution in [1.82, 2.24) is 0 Å². The van der Waals surface area contributed by atoms with Gasteiger partial charge in [0.1, 0.15) is 0 Å². The normalized spacial score (nSPS) is 11.6. The first kappa shape index (κ1) is 13.7. The second kappa shape index (κ2) is 5.52. The SMILES string of the molecule is CCCc1ccc(-c2ccc(C(C)(F)F)cc2)cc1. The fourth-order valence-electron chi connectivity index (χ4n) is 2.11. The zero-order valence-electron chi connectivity index (χ0n) is 11.3. The molecular weight excluding hydrogens is 242 g/mol. The van der Waals surface area contributed by atoms with E-state index in [9.17, 15) is 8.78 Å². The van der Waals surface area contributed by atoms with Crippen LogP contribution in [0.25, 0.3) is 11.1 Å². The molecule has 0 saturated carbocycles. The van der Waals surface area contributed by atoms with Gasteiger partial charge in [0.05, 0.1) is 0 Å². The van der Waals surface area contributed by atoms with Gasteiger partial charge in [-0.3, -0.25) is 0 Å². The van der Waals surface area contributed by atoms with Crippen LogP contribution in [0.3, 0.4) is 0 Å². The van der Waals surface area contributed by atoms with Crippen LogP contribution in [-0.4, -0.2) is 0 Å². The van der Waals surface area contributed by atoms with Gasteiger partial charge in [-0.05, 0) is 23.1 Å². The van der Waals surface area contributed by atoms with E-state index < -0.39 is 5.92 Å². The minimum absolute atomic E-state index is 0.0545. The lowest BCUT2D eigenvalue weighted by molar-refractivity contribution is 0.0175. The summed E-state index contributed by atoms with van der Waals surface area (Å²) < 4.78 is 26.3. The zero-order valence-corrected chi connectivity index (χ0v) is 11.3. The topological polar surface area (TPSA) is 0 Å². The van der Waals surface area contributed by atoms with E-state index in [1.807, 2.05) is 12.1 Å². The van der Waals surface area contributed by atoms with Gasteiger partial charge in [-0.2, -0.15) is 0 Å². The van der Waals surface area contributed by atoms with Crippen molar-refractivity contribution in [3.63, 3.8) is 0 Å². The molecule has 2 rings (SSSR count). The summed E-state index contributed by atoms with van der Waals surface area (Å²) in [6.45, 7) is 3.07. The summed E-state index contributed by atoms with van der Waals surface area (Å²) in [7, 11) is 0. The van der Waals surface area contributed by atoms with Crippen LogP contribution < -0.4 is 0 Å². The Kier molecular flexibility index (Phi) is 3.98. The van der Waals surface area contributed by atoms with Gasteiger partial charge in [0, 0.05) is 12.5 Å². The fraction of sp³-hybridized carbons (Fsp3) is 0.294. The average molecular weight is 260 g/mol. The predicted molar refractivity (Wildman–Crippen MR) is 75.4 cm³/mol. The Balaban J connectivity index is 2.22. The number of hydrogen-bond donors (Lipinski definition) is 0. The first-order valence-electron chi connectivity index (χ1n) is 6.58. The van der Waals surface area contributed by atoms with Gasteiger partial charge in [-0.1, -0.05) is 61.9 Å². The molecule has 0 aromatic heterocycles. The Morgan fingerprint density at radius 1 is 0.842 bits per heavy atom. The molecule has 0 aliphatic heterocycles. The van der Waals surface area contributed by atoms with Crippen LogP contribution in [0.15, 0.2) is 48.5 Å². The summed E-state index contributed by atoms with van der Waals surface area (Å²) in [6.07, 6.45) is 2.20. The third-order valence-corrected chi connectivity index (χ3v) is 3.22. The summed E-state index contributed by atoms with van der Waals surface area (Å²) in [5, 5.41) is 0. The quantitative estimate of drug-likeness (QED) is 0.688. The lowest BCUT2D eigenvalue weighted by Gasteiger charge is -2.11. The largest absolute Gasteiger partial charge is 0.270 e. The fourth-order valence-corrected chi connectivity index (χ4v) is 2.11. The molecular formula is C17H18F2. The molecule has 0 spiro atoms. The van der Waals surface area contributed by atoms with Crippen LogP contribution in [-0.2, 0) is 12.3 Å². The second-order valence-corrected chi connectivity index (χ2v) is 4.91. The van der Waals surface area contributed by atoms with Gasteiger partial charge in [-0.15, -0.1) is 0 Å². The van der Waals surface area contributed by atoms with Crippen LogP contribution in [0.1, 0.15) is 31.4 Å². The molecule has 0 bridgehead atoms. The third kappa shape index (κ3) is 3.40. The first-order valence-corrected chi connectivity index (χ1v) is 6.58. The van der Waals surface area contributed by atoms with Crippen molar-refractivity contribution < 1.29 is 8.78 Å². The first-order chi connectivity index (χ1) is 9.00. The summed E-state index contributed by atoms with van der Waals surface area (Å²) in [4.78, 5) is 0. The van der Waals surface area contributed by atoms with E-state index in [1.54, 1.807) is 12.1 Å². The molecule has 2 aromatic rings. The maximum Gasteiger partial charge on any atom is 0.270 e. The van der Waals surface area contributed by atoms with Gasteiger partial charge < -0.3 is 0 Å². The highest BCUT2D eigenvalue weighted by molar-refractivity contribution is 5.64. The van der Waals surface area contributed by atoms with Crippen LogP contribution in [0.2, 0.25) is 0 Å².